The summed E-state index contributed by atoms with van der Waals surface area (Å²) in [6.07, 6.45) is 0.225. The Bertz CT molecular complexity index is 555. The Kier molecular flexibility index (Phi) is 6.08. The third-order valence-corrected chi connectivity index (χ3v) is 3.47. The first-order valence-electron chi connectivity index (χ1n) is 6.95. The molecule has 0 saturated heterocycles. The summed E-state index contributed by atoms with van der Waals surface area (Å²) in [5.74, 6) is 1.58. The number of aliphatic hydroxyl groups is 1. The number of halogens is 1. The van der Waals surface area contributed by atoms with Gasteiger partial charge in [-0.1, -0.05) is 34.1 Å². The molecule has 0 heterocycles. The molecule has 0 saturated carbocycles. The van der Waals surface area contributed by atoms with Crippen molar-refractivity contribution in [3.05, 3.63) is 58.6 Å². The highest BCUT2D eigenvalue weighted by molar-refractivity contribution is 9.10. The van der Waals surface area contributed by atoms with E-state index in [2.05, 4.69) is 15.9 Å². The van der Waals surface area contributed by atoms with Crippen LogP contribution in [0.4, 0.5) is 0 Å². The third-order valence-electron chi connectivity index (χ3n) is 2.98. The van der Waals surface area contributed by atoms with Crippen molar-refractivity contribution in [1.29, 1.82) is 0 Å². The molecule has 112 valence electrons. The van der Waals surface area contributed by atoms with E-state index in [9.17, 15) is 5.11 Å². The van der Waals surface area contributed by atoms with E-state index < -0.39 is 6.10 Å². The largest absolute Gasteiger partial charge is 0.493 e. The van der Waals surface area contributed by atoms with Gasteiger partial charge >= 0.3 is 0 Å². The van der Waals surface area contributed by atoms with E-state index in [1.54, 1.807) is 6.92 Å². The van der Waals surface area contributed by atoms with E-state index in [1.165, 1.54) is 0 Å². The number of benzene rings is 2. The van der Waals surface area contributed by atoms with Gasteiger partial charge in [0.15, 0.2) is 0 Å². The SMILES string of the molecule is C[C@@H](O)c1cc(Br)ccc1OCCCOc1ccccc1. The Balaban J connectivity index is 1.78. The molecule has 1 N–H and O–H groups in total. The molecule has 0 spiro atoms. The number of para-hydroxylation sites is 1. The van der Waals surface area contributed by atoms with Crippen molar-refractivity contribution in [2.75, 3.05) is 13.2 Å². The van der Waals surface area contributed by atoms with Crippen molar-refractivity contribution in [2.45, 2.75) is 19.4 Å². The first kappa shape index (κ1) is 15.9. The fraction of sp³-hybridized carbons (Fsp3) is 0.294. The van der Waals surface area contributed by atoms with Gasteiger partial charge in [0.25, 0.3) is 0 Å². The first-order chi connectivity index (χ1) is 10.2. The van der Waals surface area contributed by atoms with Gasteiger partial charge in [0.2, 0.25) is 0 Å². The summed E-state index contributed by atoms with van der Waals surface area (Å²) in [4.78, 5) is 0. The van der Waals surface area contributed by atoms with E-state index in [1.807, 2.05) is 48.5 Å². The van der Waals surface area contributed by atoms with Gasteiger partial charge in [0, 0.05) is 16.5 Å². The molecule has 0 aromatic heterocycles. The Hall–Kier alpha value is -1.52. The number of aliphatic hydroxyl groups excluding tert-OH is 1. The Morgan fingerprint density at radius 3 is 2.48 bits per heavy atom. The predicted octanol–water partition coefficient (Wildman–Crippen LogP) is 4.35. The summed E-state index contributed by atoms with van der Waals surface area (Å²) >= 11 is 3.40. The Labute approximate surface area is 133 Å². The molecule has 3 nitrogen and oxygen atoms in total. The lowest BCUT2D eigenvalue weighted by Gasteiger charge is -2.14. The minimum Gasteiger partial charge on any atom is -0.493 e. The highest BCUT2D eigenvalue weighted by atomic mass is 79.9. The summed E-state index contributed by atoms with van der Waals surface area (Å²) in [5.41, 5.74) is 0.786. The number of rotatable bonds is 7. The average Bonchev–Trinajstić information content (AvgIpc) is 2.49. The molecule has 2 aromatic rings. The smallest absolute Gasteiger partial charge is 0.125 e. The quantitative estimate of drug-likeness (QED) is 0.754. The highest BCUT2D eigenvalue weighted by Gasteiger charge is 2.09. The van der Waals surface area contributed by atoms with Crippen molar-refractivity contribution in [3.8, 4) is 11.5 Å². The van der Waals surface area contributed by atoms with Crippen LogP contribution in [0.5, 0.6) is 11.5 Å². The van der Waals surface area contributed by atoms with Crippen LogP contribution in [0.1, 0.15) is 25.0 Å². The van der Waals surface area contributed by atoms with E-state index in [0.717, 1.165) is 22.2 Å². The zero-order chi connectivity index (χ0) is 15.1. The molecule has 0 aliphatic rings. The Morgan fingerprint density at radius 2 is 1.76 bits per heavy atom. The van der Waals surface area contributed by atoms with Crippen LogP contribution in [0, 0.1) is 0 Å². The molecule has 4 heteroatoms. The lowest BCUT2D eigenvalue weighted by molar-refractivity contribution is 0.188. The van der Waals surface area contributed by atoms with Crippen LogP contribution in [0.15, 0.2) is 53.0 Å². The van der Waals surface area contributed by atoms with Gasteiger partial charge in [-0.25, -0.2) is 0 Å². The van der Waals surface area contributed by atoms with Gasteiger partial charge in [-0.05, 0) is 37.3 Å². The second-order valence-electron chi connectivity index (χ2n) is 4.72. The summed E-state index contributed by atoms with van der Waals surface area (Å²) in [7, 11) is 0. The second kappa shape index (κ2) is 8.05. The maximum absolute atomic E-state index is 9.75. The van der Waals surface area contributed by atoms with E-state index in [0.29, 0.717) is 19.0 Å². The van der Waals surface area contributed by atoms with E-state index >= 15 is 0 Å². The highest BCUT2D eigenvalue weighted by Crippen LogP contribution is 2.28. The van der Waals surface area contributed by atoms with Crippen molar-refractivity contribution < 1.29 is 14.6 Å². The molecular formula is C17H19BrO3. The zero-order valence-corrected chi connectivity index (χ0v) is 13.5. The molecular weight excluding hydrogens is 332 g/mol. The van der Waals surface area contributed by atoms with Crippen molar-refractivity contribution >= 4 is 15.9 Å². The van der Waals surface area contributed by atoms with Gasteiger partial charge < -0.3 is 14.6 Å². The van der Waals surface area contributed by atoms with Crippen LogP contribution in [0.2, 0.25) is 0 Å². The molecule has 0 fully saturated rings. The van der Waals surface area contributed by atoms with Gasteiger partial charge in [-0.15, -0.1) is 0 Å². The monoisotopic (exact) mass is 350 g/mol. The molecule has 2 rings (SSSR count). The third kappa shape index (κ3) is 5.06. The summed E-state index contributed by atoms with van der Waals surface area (Å²) in [6, 6.07) is 15.4. The van der Waals surface area contributed by atoms with Gasteiger partial charge in [0.1, 0.15) is 11.5 Å². The van der Waals surface area contributed by atoms with Gasteiger partial charge in [-0.2, -0.15) is 0 Å². The number of ether oxygens (including phenoxy) is 2. The summed E-state index contributed by atoms with van der Waals surface area (Å²) < 4.78 is 12.3. The van der Waals surface area contributed by atoms with E-state index in [-0.39, 0.29) is 0 Å². The van der Waals surface area contributed by atoms with Crippen LogP contribution < -0.4 is 9.47 Å². The minimum atomic E-state index is -0.557. The summed E-state index contributed by atoms with van der Waals surface area (Å²) in [5, 5.41) is 9.75. The standard InChI is InChI=1S/C17H19BrO3/c1-13(19)16-12-14(18)8-9-17(16)21-11-5-10-20-15-6-3-2-4-7-15/h2-4,6-9,12-13,19H,5,10-11H2,1H3/t13-/m1/s1. The minimum absolute atomic E-state index is 0.550. The Morgan fingerprint density at radius 1 is 1.05 bits per heavy atom. The van der Waals surface area contributed by atoms with Gasteiger partial charge in [0.05, 0.1) is 19.3 Å². The number of hydrogen-bond donors (Lipinski definition) is 1. The second-order valence-corrected chi connectivity index (χ2v) is 5.64. The molecule has 0 aliphatic carbocycles. The van der Waals surface area contributed by atoms with Crippen LogP contribution in [-0.2, 0) is 0 Å². The molecule has 2 aromatic carbocycles. The van der Waals surface area contributed by atoms with Crippen LogP contribution in [0.25, 0.3) is 0 Å². The maximum Gasteiger partial charge on any atom is 0.125 e. The number of hydrogen-bond acceptors (Lipinski definition) is 3. The molecule has 1 atom stereocenters. The summed E-state index contributed by atoms with van der Waals surface area (Å²) in [6.45, 7) is 2.88. The van der Waals surface area contributed by atoms with Crippen molar-refractivity contribution in [2.24, 2.45) is 0 Å². The van der Waals surface area contributed by atoms with Crippen LogP contribution >= 0.6 is 15.9 Å². The van der Waals surface area contributed by atoms with Gasteiger partial charge in [-0.3, -0.25) is 0 Å². The fourth-order valence-electron chi connectivity index (χ4n) is 1.93. The van der Waals surface area contributed by atoms with Crippen molar-refractivity contribution in [1.82, 2.24) is 0 Å². The lowest BCUT2D eigenvalue weighted by atomic mass is 10.1. The van der Waals surface area contributed by atoms with Crippen LogP contribution in [0.3, 0.4) is 0 Å². The topological polar surface area (TPSA) is 38.7 Å². The van der Waals surface area contributed by atoms with Crippen molar-refractivity contribution in [3.63, 3.8) is 0 Å². The average molecular weight is 351 g/mol. The first-order valence-corrected chi connectivity index (χ1v) is 7.74. The van der Waals surface area contributed by atoms with Crippen LogP contribution in [-0.4, -0.2) is 18.3 Å². The molecule has 0 aliphatic heterocycles. The maximum atomic E-state index is 9.75. The predicted molar refractivity (Wildman–Crippen MR) is 86.8 cm³/mol. The molecule has 0 bridgehead atoms. The molecule has 0 unspecified atom stereocenters. The molecule has 0 amide bonds. The molecule has 21 heavy (non-hydrogen) atoms. The normalized spacial score (nSPS) is 12.0. The zero-order valence-electron chi connectivity index (χ0n) is 12.0. The molecule has 0 radical (unpaired) electrons. The van der Waals surface area contributed by atoms with E-state index in [4.69, 9.17) is 9.47 Å². The lowest BCUT2D eigenvalue weighted by Crippen LogP contribution is -2.07. The fourth-order valence-corrected chi connectivity index (χ4v) is 2.30.